The van der Waals surface area contributed by atoms with Crippen LogP contribution >= 0.6 is 0 Å². The topological polar surface area (TPSA) is 49.3 Å². The minimum absolute atomic E-state index is 0.0297. The Kier molecular flexibility index (Phi) is 4.83. The van der Waals surface area contributed by atoms with E-state index < -0.39 is 28.9 Å². The van der Waals surface area contributed by atoms with Gasteiger partial charge in [-0.1, -0.05) is 0 Å². The van der Waals surface area contributed by atoms with Crippen molar-refractivity contribution in [3.8, 4) is 0 Å². The van der Waals surface area contributed by atoms with Crippen LogP contribution in [0.25, 0.3) is 0 Å². The zero-order valence-electron chi connectivity index (χ0n) is 12.8. The minimum atomic E-state index is -1.50. The number of halogens is 3. The van der Waals surface area contributed by atoms with Gasteiger partial charge in [0.05, 0.1) is 0 Å². The summed E-state index contributed by atoms with van der Waals surface area (Å²) < 4.78 is 40.5. The molecule has 0 bridgehead atoms. The van der Waals surface area contributed by atoms with E-state index in [-0.39, 0.29) is 6.54 Å². The van der Waals surface area contributed by atoms with Gasteiger partial charge in [-0.15, -0.1) is 0 Å². The van der Waals surface area contributed by atoms with Gasteiger partial charge in [0, 0.05) is 45.6 Å². The summed E-state index contributed by atoms with van der Waals surface area (Å²) >= 11 is 0. The lowest BCUT2D eigenvalue weighted by Gasteiger charge is -2.18. The highest BCUT2D eigenvalue weighted by molar-refractivity contribution is 5.94. The van der Waals surface area contributed by atoms with Crippen LogP contribution in [-0.2, 0) is 6.54 Å². The molecule has 1 amide bonds. The van der Waals surface area contributed by atoms with Gasteiger partial charge in [-0.3, -0.25) is 4.79 Å². The van der Waals surface area contributed by atoms with Gasteiger partial charge >= 0.3 is 0 Å². The second-order valence-corrected chi connectivity index (χ2v) is 5.17. The molecule has 0 saturated carbocycles. The number of benzene rings is 1. The highest BCUT2D eigenvalue weighted by Crippen LogP contribution is 2.18. The van der Waals surface area contributed by atoms with Crippen molar-refractivity contribution >= 4 is 11.9 Å². The van der Waals surface area contributed by atoms with Crippen molar-refractivity contribution < 1.29 is 18.0 Å². The summed E-state index contributed by atoms with van der Waals surface area (Å²) in [5.41, 5.74) is -0.345. The summed E-state index contributed by atoms with van der Waals surface area (Å²) in [7, 11) is 4.91. The van der Waals surface area contributed by atoms with E-state index in [1.54, 1.807) is 19.0 Å². The highest BCUT2D eigenvalue weighted by Gasteiger charge is 2.23. The first-order valence-electron chi connectivity index (χ1n) is 6.68. The lowest BCUT2D eigenvalue weighted by molar-refractivity contribution is 0.0774. The lowest BCUT2D eigenvalue weighted by Crippen LogP contribution is -2.28. The molecule has 2 aromatic rings. The third-order valence-electron chi connectivity index (χ3n) is 3.12. The summed E-state index contributed by atoms with van der Waals surface area (Å²) in [5, 5.41) is 0. The molecule has 1 aromatic carbocycles. The Labute approximate surface area is 131 Å². The monoisotopic (exact) mass is 324 g/mol. The van der Waals surface area contributed by atoms with Crippen molar-refractivity contribution in [3.63, 3.8) is 0 Å². The first-order valence-corrected chi connectivity index (χ1v) is 6.68. The van der Waals surface area contributed by atoms with Crippen LogP contribution in [0, 0.1) is 17.5 Å². The van der Waals surface area contributed by atoms with E-state index in [9.17, 15) is 18.0 Å². The van der Waals surface area contributed by atoms with Crippen LogP contribution < -0.4 is 4.90 Å². The molecular formula is C15H15F3N4O. The maximum Gasteiger partial charge on any atom is 0.259 e. The second-order valence-electron chi connectivity index (χ2n) is 5.17. The zero-order valence-corrected chi connectivity index (χ0v) is 12.8. The Morgan fingerprint density at radius 1 is 1.04 bits per heavy atom. The van der Waals surface area contributed by atoms with Crippen molar-refractivity contribution in [1.82, 2.24) is 14.9 Å². The minimum Gasteiger partial charge on any atom is -0.347 e. The number of rotatable bonds is 4. The molecular weight excluding hydrogens is 309 g/mol. The number of carbonyl (C=O) groups is 1. The van der Waals surface area contributed by atoms with E-state index in [1.165, 1.54) is 19.4 Å². The molecule has 0 atom stereocenters. The maximum atomic E-state index is 13.7. The molecule has 2 rings (SSSR count). The maximum absolute atomic E-state index is 13.7. The molecule has 0 unspecified atom stereocenters. The Morgan fingerprint density at radius 2 is 1.61 bits per heavy atom. The van der Waals surface area contributed by atoms with Gasteiger partial charge < -0.3 is 9.80 Å². The van der Waals surface area contributed by atoms with Gasteiger partial charge in [0.2, 0.25) is 5.95 Å². The second kappa shape index (κ2) is 6.64. The van der Waals surface area contributed by atoms with E-state index in [4.69, 9.17) is 0 Å². The van der Waals surface area contributed by atoms with Crippen molar-refractivity contribution in [2.45, 2.75) is 6.54 Å². The summed E-state index contributed by atoms with van der Waals surface area (Å²) in [6.07, 6.45) is 3.01. The van der Waals surface area contributed by atoms with Crippen molar-refractivity contribution in [2.75, 3.05) is 26.0 Å². The van der Waals surface area contributed by atoms with Crippen LogP contribution in [-0.4, -0.2) is 41.9 Å². The molecule has 0 radical (unpaired) electrons. The Hall–Kier alpha value is -2.64. The molecule has 0 aliphatic carbocycles. The van der Waals surface area contributed by atoms with Crippen LogP contribution in [0.5, 0.6) is 0 Å². The molecule has 1 heterocycles. The van der Waals surface area contributed by atoms with Crippen LogP contribution in [0.2, 0.25) is 0 Å². The van der Waals surface area contributed by atoms with E-state index in [2.05, 4.69) is 9.97 Å². The molecule has 0 fully saturated rings. The highest BCUT2D eigenvalue weighted by atomic mass is 19.2. The molecule has 8 heteroatoms. The van der Waals surface area contributed by atoms with Crippen LogP contribution in [0.4, 0.5) is 19.1 Å². The third kappa shape index (κ3) is 3.58. The van der Waals surface area contributed by atoms with Gasteiger partial charge in [0.15, 0.2) is 11.6 Å². The quantitative estimate of drug-likeness (QED) is 0.809. The smallest absolute Gasteiger partial charge is 0.259 e. The first kappa shape index (κ1) is 16.7. The molecule has 0 saturated heterocycles. The summed E-state index contributed by atoms with van der Waals surface area (Å²) in [5.74, 6) is -4.36. The van der Waals surface area contributed by atoms with E-state index >= 15 is 0 Å². The normalized spacial score (nSPS) is 10.5. The Balaban J connectivity index is 2.19. The Morgan fingerprint density at radius 3 is 2.17 bits per heavy atom. The standard InChI is InChI=1S/C15H15F3N4O/c1-21(2)15-19-6-9(7-20-15)8-22(3)14(23)12-10(16)4-5-11(17)13(12)18/h4-7H,8H2,1-3H3. The predicted molar refractivity (Wildman–Crippen MR) is 78.5 cm³/mol. The molecule has 0 spiro atoms. The zero-order chi connectivity index (χ0) is 17.1. The fourth-order valence-corrected chi connectivity index (χ4v) is 1.92. The molecule has 0 aliphatic rings. The molecule has 122 valence electrons. The number of amides is 1. The van der Waals surface area contributed by atoms with Gasteiger partial charge in [-0.05, 0) is 12.1 Å². The number of hydrogen-bond acceptors (Lipinski definition) is 4. The predicted octanol–water partition coefficient (Wildman–Crippen LogP) is 2.23. The van der Waals surface area contributed by atoms with Crippen LogP contribution in [0.15, 0.2) is 24.5 Å². The molecule has 0 N–H and O–H groups in total. The van der Waals surface area contributed by atoms with E-state index in [0.717, 1.165) is 4.90 Å². The van der Waals surface area contributed by atoms with Crippen molar-refractivity contribution in [3.05, 3.63) is 53.1 Å². The average molecular weight is 324 g/mol. The molecule has 5 nitrogen and oxygen atoms in total. The number of aromatic nitrogens is 2. The van der Waals surface area contributed by atoms with Crippen LogP contribution in [0.1, 0.15) is 15.9 Å². The van der Waals surface area contributed by atoms with Gasteiger partial charge in [0.25, 0.3) is 5.91 Å². The van der Waals surface area contributed by atoms with Crippen LogP contribution in [0.3, 0.4) is 0 Å². The summed E-state index contributed by atoms with van der Waals surface area (Å²) in [6.45, 7) is 0.0297. The fourth-order valence-electron chi connectivity index (χ4n) is 1.92. The number of anilines is 1. The molecule has 23 heavy (non-hydrogen) atoms. The molecule has 1 aromatic heterocycles. The lowest BCUT2D eigenvalue weighted by atomic mass is 10.1. The van der Waals surface area contributed by atoms with Crippen molar-refractivity contribution in [2.24, 2.45) is 0 Å². The first-order chi connectivity index (χ1) is 10.8. The Bertz CT molecular complexity index is 719. The average Bonchev–Trinajstić information content (AvgIpc) is 2.51. The van der Waals surface area contributed by atoms with Gasteiger partial charge in [0.1, 0.15) is 11.4 Å². The largest absolute Gasteiger partial charge is 0.347 e. The number of hydrogen-bond donors (Lipinski definition) is 0. The molecule has 0 aliphatic heterocycles. The fraction of sp³-hybridized carbons (Fsp3) is 0.267. The van der Waals surface area contributed by atoms with Gasteiger partial charge in [-0.2, -0.15) is 0 Å². The van der Waals surface area contributed by atoms with E-state index in [1.807, 2.05) is 0 Å². The van der Waals surface area contributed by atoms with E-state index in [0.29, 0.717) is 23.6 Å². The van der Waals surface area contributed by atoms with Crippen molar-refractivity contribution in [1.29, 1.82) is 0 Å². The van der Waals surface area contributed by atoms with Gasteiger partial charge in [-0.25, -0.2) is 23.1 Å². The third-order valence-corrected chi connectivity index (χ3v) is 3.12. The SMILES string of the molecule is CN(Cc1cnc(N(C)C)nc1)C(=O)c1c(F)ccc(F)c1F. The summed E-state index contributed by atoms with van der Waals surface area (Å²) in [6, 6.07) is 1.35. The number of carbonyl (C=O) groups excluding carboxylic acids is 1. The number of nitrogens with zero attached hydrogens (tertiary/aromatic N) is 4. The summed E-state index contributed by atoms with van der Waals surface area (Å²) in [4.78, 5) is 23.1.